The van der Waals surface area contributed by atoms with E-state index in [1.807, 2.05) is 24.8 Å². The van der Waals surface area contributed by atoms with Crippen molar-refractivity contribution in [2.75, 3.05) is 12.3 Å². The second kappa shape index (κ2) is 8.27. The van der Waals surface area contributed by atoms with Crippen LogP contribution in [-0.2, 0) is 0 Å². The Labute approximate surface area is 155 Å². The van der Waals surface area contributed by atoms with E-state index in [4.69, 9.17) is 23.2 Å². The van der Waals surface area contributed by atoms with Gasteiger partial charge in [-0.05, 0) is 36.8 Å². The van der Waals surface area contributed by atoms with Crippen LogP contribution in [0, 0.1) is 25.3 Å². The number of amidine groups is 1. The van der Waals surface area contributed by atoms with Crippen molar-refractivity contribution in [1.29, 1.82) is 0 Å². The molecule has 0 bridgehead atoms. The summed E-state index contributed by atoms with van der Waals surface area (Å²) in [5, 5.41) is 1.63. The van der Waals surface area contributed by atoms with E-state index in [2.05, 4.69) is 37.4 Å². The summed E-state index contributed by atoms with van der Waals surface area (Å²) in [4.78, 5) is 10.8. The highest BCUT2D eigenvalue weighted by molar-refractivity contribution is 8.14. The molecule has 0 aliphatic carbocycles. The van der Waals surface area contributed by atoms with Crippen LogP contribution < -0.4 is 0 Å². The van der Waals surface area contributed by atoms with Crippen molar-refractivity contribution >= 4 is 39.9 Å². The van der Waals surface area contributed by atoms with E-state index in [-0.39, 0.29) is 0 Å². The molecule has 2 rings (SSSR count). The van der Waals surface area contributed by atoms with E-state index in [0.717, 1.165) is 28.7 Å². The van der Waals surface area contributed by atoms with Gasteiger partial charge in [-0.3, -0.25) is 0 Å². The van der Waals surface area contributed by atoms with E-state index >= 15 is 0 Å². The van der Waals surface area contributed by atoms with Gasteiger partial charge < -0.3 is 4.90 Å². The van der Waals surface area contributed by atoms with Gasteiger partial charge >= 0.3 is 0 Å². The maximum atomic E-state index is 7.15. The van der Waals surface area contributed by atoms with Crippen molar-refractivity contribution in [2.24, 2.45) is 16.8 Å². The molecule has 1 aliphatic heterocycles. The molecule has 130 valence electrons. The molecule has 1 aromatic rings. The molecule has 0 spiro atoms. The molecule has 1 fully saturated rings. The third-order valence-corrected chi connectivity index (χ3v) is 5.40. The van der Waals surface area contributed by atoms with Crippen molar-refractivity contribution in [3.63, 3.8) is 0 Å². The summed E-state index contributed by atoms with van der Waals surface area (Å²) in [5.41, 5.74) is 2.32. The minimum absolute atomic E-state index is 0.540. The van der Waals surface area contributed by atoms with Crippen LogP contribution in [0.5, 0.6) is 0 Å². The Hall–Kier alpha value is -1.18. The lowest BCUT2D eigenvalue weighted by atomic mass is 10.0. The first-order valence-corrected chi connectivity index (χ1v) is 9.83. The van der Waals surface area contributed by atoms with E-state index in [1.165, 1.54) is 6.42 Å². The predicted octanol–water partition coefficient (Wildman–Crippen LogP) is 6.31. The van der Waals surface area contributed by atoms with Gasteiger partial charge in [0.15, 0.2) is 10.9 Å². The zero-order valence-electron chi connectivity index (χ0n) is 15.1. The summed E-state index contributed by atoms with van der Waals surface area (Å²) < 4.78 is 0. The fourth-order valence-electron chi connectivity index (χ4n) is 2.98. The summed E-state index contributed by atoms with van der Waals surface area (Å²) in [6, 6.07) is 4.10. The molecule has 0 radical (unpaired) electrons. The molecule has 1 atom stereocenters. The van der Waals surface area contributed by atoms with Gasteiger partial charge in [-0.2, -0.15) is 0 Å². The van der Waals surface area contributed by atoms with E-state index in [1.54, 1.807) is 6.07 Å². The number of hydrogen-bond acceptors (Lipinski definition) is 2. The SMILES string of the molecule is [C-]#[N+]c1cc(C)c(N=C2SC[C@H](CC(C)C)N2CC(C)C)c(Cl)c1. The highest BCUT2D eigenvalue weighted by Gasteiger charge is 2.31. The topological polar surface area (TPSA) is 20.0 Å². The Bertz CT molecular complexity index is 638. The lowest BCUT2D eigenvalue weighted by molar-refractivity contribution is 0.279. The zero-order chi connectivity index (χ0) is 17.9. The zero-order valence-corrected chi connectivity index (χ0v) is 16.7. The van der Waals surface area contributed by atoms with Crippen LogP contribution in [0.4, 0.5) is 11.4 Å². The van der Waals surface area contributed by atoms with Crippen LogP contribution >= 0.6 is 23.4 Å². The Balaban J connectivity index is 2.35. The van der Waals surface area contributed by atoms with Crippen molar-refractivity contribution in [2.45, 2.75) is 47.1 Å². The second-order valence-electron chi connectivity index (χ2n) is 7.24. The van der Waals surface area contributed by atoms with Crippen LogP contribution in [0.2, 0.25) is 5.02 Å². The maximum Gasteiger partial charge on any atom is 0.189 e. The molecule has 0 N–H and O–H groups in total. The van der Waals surface area contributed by atoms with Gasteiger partial charge in [0.1, 0.15) is 0 Å². The monoisotopic (exact) mass is 363 g/mol. The first kappa shape index (κ1) is 19.1. The number of hydrogen-bond donors (Lipinski definition) is 0. The number of thioether (sulfide) groups is 1. The van der Waals surface area contributed by atoms with Gasteiger partial charge in [-0.15, -0.1) is 0 Å². The lowest BCUT2D eigenvalue weighted by Gasteiger charge is -2.29. The Morgan fingerprint density at radius 3 is 2.58 bits per heavy atom. The number of benzene rings is 1. The predicted molar refractivity (Wildman–Crippen MR) is 107 cm³/mol. The van der Waals surface area contributed by atoms with Gasteiger partial charge in [-0.25, -0.2) is 9.84 Å². The van der Waals surface area contributed by atoms with Gasteiger partial charge in [0.25, 0.3) is 0 Å². The van der Waals surface area contributed by atoms with Crippen molar-refractivity contribution in [3.05, 3.63) is 34.1 Å². The average Bonchev–Trinajstić information content (AvgIpc) is 2.83. The molecule has 3 nitrogen and oxygen atoms in total. The fourth-order valence-corrected chi connectivity index (χ4v) is 4.48. The molecule has 0 saturated carbocycles. The number of rotatable bonds is 5. The van der Waals surface area contributed by atoms with Crippen LogP contribution in [-0.4, -0.2) is 28.4 Å². The molecule has 1 aromatic carbocycles. The summed E-state index contributed by atoms with van der Waals surface area (Å²) in [6.45, 7) is 19.2. The van der Waals surface area contributed by atoms with E-state index < -0.39 is 0 Å². The van der Waals surface area contributed by atoms with E-state index in [0.29, 0.717) is 28.6 Å². The van der Waals surface area contributed by atoms with Gasteiger partial charge in [0.2, 0.25) is 0 Å². The Morgan fingerprint density at radius 2 is 2.04 bits per heavy atom. The third-order valence-electron chi connectivity index (χ3n) is 3.97. The number of nitrogens with zero attached hydrogens (tertiary/aromatic N) is 3. The molecule has 0 unspecified atom stereocenters. The van der Waals surface area contributed by atoms with Crippen LogP contribution in [0.3, 0.4) is 0 Å². The van der Waals surface area contributed by atoms with Crippen LogP contribution in [0.15, 0.2) is 17.1 Å². The quantitative estimate of drug-likeness (QED) is 0.571. The molecule has 24 heavy (non-hydrogen) atoms. The number of halogens is 1. The Morgan fingerprint density at radius 1 is 1.33 bits per heavy atom. The van der Waals surface area contributed by atoms with Gasteiger partial charge in [0, 0.05) is 18.3 Å². The highest BCUT2D eigenvalue weighted by Crippen LogP contribution is 2.37. The molecule has 1 aliphatic rings. The molecule has 1 heterocycles. The summed E-state index contributed by atoms with van der Waals surface area (Å²) in [5.74, 6) is 2.35. The Kier molecular flexibility index (Phi) is 6.60. The number of aliphatic imine (C=N–C) groups is 1. The highest BCUT2D eigenvalue weighted by atomic mass is 35.5. The largest absolute Gasteiger partial charge is 0.347 e. The van der Waals surface area contributed by atoms with Gasteiger partial charge in [-0.1, -0.05) is 57.1 Å². The molecule has 0 amide bonds. The standard InChI is InChI=1S/C19H26ClN3S/c1-12(2)7-16-11-24-19(23(16)10-13(3)4)22-18-14(5)8-15(21-6)9-17(18)20/h8-9,12-13,16H,7,10-11H2,1-5H3/t16-/m0/s1. The van der Waals surface area contributed by atoms with Crippen molar-refractivity contribution < 1.29 is 0 Å². The number of aryl methyl sites for hydroxylation is 1. The normalized spacial score (nSPS) is 19.5. The van der Waals surface area contributed by atoms with Gasteiger partial charge in [0.05, 0.1) is 17.3 Å². The molecular formula is C19H26ClN3S. The lowest BCUT2D eigenvalue weighted by Crippen LogP contribution is -2.37. The smallest absolute Gasteiger partial charge is 0.189 e. The van der Waals surface area contributed by atoms with Crippen LogP contribution in [0.1, 0.15) is 39.7 Å². The molecule has 0 aromatic heterocycles. The minimum Gasteiger partial charge on any atom is -0.347 e. The summed E-state index contributed by atoms with van der Waals surface area (Å²) >= 11 is 8.21. The first-order valence-electron chi connectivity index (χ1n) is 8.47. The van der Waals surface area contributed by atoms with Crippen molar-refractivity contribution in [3.8, 4) is 0 Å². The summed E-state index contributed by atoms with van der Waals surface area (Å²) in [6.07, 6.45) is 1.18. The third kappa shape index (κ3) is 4.68. The molecule has 1 saturated heterocycles. The molecular weight excluding hydrogens is 338 g/mol. The fraction of sp³-hybridized carbons (Fsp3) is 0.579. The van der Waals surface area contributed by atoms with Crippen molar-refractivity contribution in [1.82, 2.24) is 4.90 Å². The maximum absolute atomic E-state index is 7.15. The molecule has 5 heteroatoms. The second-order valence-corrected chi connectivity index (χ2v) is 8.63. The van der Waals surface area contributed by atoms with Crippen LogP contribution in [0.25, 0.3) is 4.85 Å². The van der Waals surface area contributed by atoms with E-state index in [9.17, 15) is 0 Å². The average molecular weight is 364 g/mol. The summed E-state index contributed by atoms with van der Waals surface area (Å²) in [7, 11) is 0. The first-order chi connectivity index (χ1) is 11.3. The minimum atomic E-state index is 0.540.